The van der Waals surface area contributed by atoms with Gasteiger partial charge in [-0.25, -0.2) is 0 Å². The molecule has 7 heteroatoms. The van der Waals surface area contributed by atoms with E-state index in [1.165, 1.54) is 16.2 Å². The van der Waals surface area contributed by atoms with Crippen molar-refractivity contribution in [2.45, 2.75) is 39.0 Å². The highest BCUT2D eigenvalue weighted by molar-refractivity contribution is 7.12. The van der Waals surface area contributed by atoms with Gasteiger partial charge in [-0.05, 0) is 42.6 Å². The molecule has 1 heterocycles. The molecule has 2 aromatic rings. The Morgan fingerprint density at radius 2 is 1.79 bits per heavy atom. The lowest BCUT2D eigenvalue weighted by molar-refractivity contribution is -0.124. The third-order valence-corrected chi connectivity index (χ3v) is 5.16. The Balaban J connectivity index is 1.89. The minimum Gasteiger partial charge on any atom is -0.494 e. The maximum atomic E-state index is 12.7. The second kappa shape index (κ2) is 11.8. The Morgan fingerprint density at radius 3 is 2.41 bits per heavy atom. The second-order valence-electron chi connectivity index (χ2n) is 6.32. The van der Waals surface area contributed by atoms with Crippen LogP contribution in [0.4, 0.5) is 5.69 Å². The van der Waals surface area contributed by atoms with E-state index in [4.69, 9.17) is 10.00 Å². The SMILES string of the molecule is CCOc1ccc(N(CCC#N)C(=O)CCC(=O)CCC(=O)c2cccs2)cc1. The Bertz CT molecular complexity index is 854. The van der Waals surface area contributed by atoms with Crippen LogP contribution in [0.25, 0.3) is 0 Å². The first-order valence-corrected chi connectivity index (χ1v) is 10.4. The zero-order valence-corrected chi connectivity index (χ0v) is 17.2. The molecular weight excluding hydrogens is 388 g/mol. The number of benzene rings is 1. The summed E-state index contributed by atoms with van der Waals surface area (Å²) in [4.78, 5) is 38.9. The standard InChI is InChI=1S/C22H24N2O4S/c1-2-28-19-10-6-17(7-11-19)24(15-4-14-23)22(27)13-9-18(25)8-12-20(26)21-5-3-16-29-21/h3,5-7,10-11,16H,2,4,8-9,12-13,15H2,1H3. The van der Waals surface area contributed by atoms with Crippen molar-refractivity contribution < 1.29 is 19.1 Å². The summed E-state index contributed by atoms with van der Waals surface area (Å²) >= 11 is 1.36. The first kappa shape index (κ1) is 22.3. The summed E-state index contributed by atoms with van der Waals surface area (Å²) < 4.78 is 5.41. The third-order valence-electron chi connectivity index (χ3n) is 4.25. The molecule has 0 N–H and O–H groups in total. The summed E-state index contributed by atoms with van der Waals surface area (Å²) in [6, 6.07) is 12.7. The number of nitrogens with zero attached hydrogens (tertiary/aromatic N) is 2. The summed E-state index contributed by atoms with van der Waals surface area (Å²) in [5, 5.41) is 10.7. The molecule has 0 radical (unpaired) electrons. The summed E-state index contributed by atoms with van der Waals surface area (Å²) in [6.07, 6.45) is 0.610. The van der Waals surface area contributed by atoms with Crippen LogP contribution in [0.1, 0.15) is 48.7 Å². The van der Waals surface area contributed by atoms with Crippen molar-refractivity contribution in [1.82, 2.24) is 0 Å². The van der Waals surface area contributed by atoms with E-state index in [1.54, 1.807) is 36.4 Å². The predicted octanol–water partition coefficient (Wildman–Crippen LogP) is 4.41. The van der Waals surface area contributed by atoms with Crippen molar-refractivity contribution >= 4 is 34.5 Å². The van der Waals surface area contributed by atoms with E-state index in [2.05, 4.69) is 0 Å². The molecule has 1 aromatic carbocycles. The number of ether oxygens (including phenoxy) is 1. The van der Waals surface area contributed by atoms with Crippen molar-refractivity contribution in [3.05, 3.63) is 46.7 Å². The number of amides is 1. The highest BCUT2D eigenvalue weighted by Crippen LogP contribution is 2.21. The number of nitriles is 1. The van der Waals surface area contributed by atoms with Crippen LogP contribution in [0.5, 0.6) is 5.75 Å². The zero-order valence-electron chi connectivity index (χ0n) is 16.4. The number of anilines is 1. The fourth-order valence-corrected chi connectivity index (χ4v) is 3.46. The van der Waals surface area contributed by atoms with Crippen LogP contribution >= 0.6 is 11.3 Å². The van der Waals surface area contributed by atoms with Gasteiger partial charge in [-0.15, -0.1) is 11.3 Å². The predicted molar refractivity (Wildman–Crippen MR) is 112 cm³/mol. The molecule has 0 aliphatic heterocycles. The molecule has 0 fully saturated rings. The summed E-state index contributed by atoms with van der Waals surface area (Å²) in [7, 11) is 0. The van der Waals surface area contributed by atoms with Gasteiger partial charge in [0.05, 0.1) is 24.0 Å². The van der Waals surface area contributed by atoms with Crippen molar-refractivity contribution in [3.63, 3.8) is 0 Å². The van der Waals surface area contributed by atoms with Gasteiger partial charge >= 0.3 is 0 Å². The molecule has 6 nitrogen and oxygen atoms in total. The van der Waals surface area contributed by atoms with Gasteiger partial charge in [0, 0.05) is 37.9 Å². The minimum absolute atomic E-state index is 0.0463. The van der Waals surface area contributed by atoms with E-state index >= 15 is 0 Å². The monoisotopic (exact) mass is 412 g/mol. The van der Waals surface area contributed by atoms with E-state index in [1.807, 2.05) is 18.4 Å². The van der Waals surface area contributed by atoms with Gasteiger partial charge in [0.25, 0.3) is 0 Å². The Labute approximate surface area is 174 Å². The number of carbonyl (C=O) groups excluding carboxylic acids is 3. The third kappa shape index (κ3) is 7.16. The zero-order chi connectivity index (χ0) is 21.1. The molecule has 0 spiro atoms. The topological polar surface area (TPSA) is 87.5 Å². The molecule has 0 saturated heterocycles. The van der Waals surface area contributed by atoms with Crippen LogP contribution in [-0.2, 0) is 9.59 Å². The van der Waals surface area contributed by atoms with Crippen molar-refractivity contribution in [3.8, 4) is 11.8 Å². The quantitative estimate of drug-likeness (QED) is 0.482. The van der Waals surface area contributed by atoms with Crippen LogP contribution < -0.4 is 9.64 Å². The molecule has 0 bridgehead atoms. The molecule has 1 aromatic heterocycles. The van der Waals surface area contributed by atoms with Gasteiger partial charge in [0.15, 0.2) is 5.78 Å². The number of hydrogen-bond acceptors (Lipinski definition) is 6. The molecule has 29 heavy (non-hydrogen) atoms. The Hall–Kier alpha value is -2.98. The average molecular weight is 413 g/mol. The van der Waals surface area contributed by atoms with Gasteiger partial charge in [-0.1, -0.05) is 6.07 Å². The van der Waals surface area contributed by atoms with E-state index in [-0.39, 0.29) is 56.1 Å². The van der Waals surface area contributed by atoms with Crippen molar-refractivity contribution in [2.24, 2.45) is 0 Å². The molecule has 2 rings (SSSR count). The average Bonchev–Trinajstić information content (AvgIpc) is 3.27. The fraction of sp³-hybridized carbons (Fsp3) is 0.364. The van der Waals surface area contributed by atoms with Crippen LogP contribution in [0.2, 0.25) is 0 Å². The largest absolute Gasteiger partial charge is 0.494 e. The number of thiophene rings is 1. The molecular formula is C22H24N2O4S. The van der Waals surface area contributed by atoms with E-state index < -0.39 is 0 Å². The van der Waals surface area contributed by atoms with Gasteiger partial charge in [0.2, 0.25) is 5.91 Å². The smallest absolute Gasteiger partial charge is 0.227 e. The number of rotatable bonds is 12. The summed E-state index contributed by atoms with van der Waals surface area (Å²) in [5.41, 5.74) is 0.661. The summed E-state index contributed by atoms with van der Waals surface area (Å²) in [6.45, 7) is 2.70. The van der Waals surface area contributed by atoms with Crippen LogP contribution in [-0.4, -0.2) is 30.6 Å². The number of carbonyl (C=O) groups is 3. The Kier molecular flexibility index (Phi) is 9.06. The lowest BCUT2D eigenvalue weighted by atomic mass is 10.1. The van der Waals surface area contributed by atoms with Crippen LogP contribution in [0, 0.1) is 11.3 Å². The Morgan fingerprint density at radius 1 is 1.07 bits per heavy atom. The number of Topliss-reactive ketones (excluding diaryl/α,β-unsaturated/α-hetero) is 2. The van der Waals surface area contributed by atoms with Gasteiger partial charge in [-0.3, -0.25) is 14.4 Å². The van der Waals surface area contributed by atoms with Crippen LogP contribution in [0.3, 0.4) is 0 Å². The number of ketones is 2. The lowest BCUT2D eigenvalue weighted by Crippen LogP contribution is -2.32. The normalized spacial score (nSPS) is 10.2. The molecule has 0 unspecified atom stereocenters. The lowest BCUT2D eigenvalue weighted by Gasteiger charge is -2.22. The maximum absolute atomic E-state index is 12.7. The van der Waals surface area contributed by atoms with E-state index in [0.717, 1.165) is 0 Å². The van der Waals surface area contributed by atoms with E-state index in [0.29, 0.717) is 22.9 Å². The maximum Gasteiger partial charge on any atom is 0.227 e. The highest BCUT2D eigenvalue weighted by atomic mass is 32.1. The first-order valence-electron chi connectivity index (χ1n) is 9.53. The molecule has 152 valence electrons. The molecule has 0 aliphatic rings. The molecule has 0 aliphatic carbocycles. The highest BCUT2D eigenvalue weighted by Gasteiger charge is 2.18. The molecule has 0 saturated carbocycles. The van der Waals surface area contributed by atoms with Crippen molar-refractivity contribution in [1.29, 1.82) is 5.26 Å². The van der Waals surface area contributed by atoms with Crippen molar-refractivity contribution in [2.75, 3.05) is 18.1 Å². The fourth-order valence-electron chi connectivity index (χ4n) is 2.77. The minimum atomic E-state index is -0.220. The van der Waals surface area contributed by atoms with Gasteiger partial charge in [0.1, 0.15) is 11.5 Å². The number of hydrogen-bond donors (Lipinski definition) is 0. The molecule has 0 atom stereocenters. The summed E-state index contributed by atoms with van der Waals surface area (Å²) in [5.74, 6) is 0.316. The first-order chi connectivity index (χ1) is 14.0. The van der Waals surface area contributed by atoms with Gasteiger partial charge < -0.3 is 9.64 Å². The second-order valence-corrected chi connectivity index (χ2v) is 7.27. The van der Waals surface area contributed by atoms with Crippen LogP contribution in [0.15, 0.2) is 41.8 Å². The molecule has 1 amide bonds. The van der Waals surface area contributed by atoms with E-state index in [9.17, 15) is 14.4 Å². The van der Waals surface area contributed by atoms with Gasteiger partial charge in [-0.2, -0.15) is 5.26 Å².